The van der Waals surface area contributed by atoms with Crippen molar-refractivity contribution in [2.24, 2.45) is 11.5 Å². The van der Waals surface area contributed by atoms with Gasteiger partial charge in [0.1, 0.15) is 0 Å². The molecule has 0 radical (unpaired) electrons. The van der Waals surface area contributed by atoms with Gasteiger partial charge in [0, 0.05) is 11.1 Å². The second kappa shape index (κ2) is 5.35. The summed E-state index contributed by atoms with van der Waals surface area (Å²) in [5, 5.41) is 0. The van der Waals surface area contributed by atoms with Crippen molar-refractivity contribution >= 4 is 11.8 Å². The van der Waals surface area contributed by atoms with Crippen LogP contribution in [-0.2, 0) is 6.42 Å². The predicted molar refractivity (Wildman–Crippen MR) is 72.7 cm³/mol. The highest BCUT2D eigenvalue weighted by Gasteiger charge is 2.11. The molecule has 0 saturated heterocycles. The summed E-state index contributed by atoms with van der Waals surface area (Å²) in [4.78, 5) is 22.7. The van der Waals surface area contributed by atoms with Gasteiger partial charge >= 0.3 is 0 Å². The summed E-state index contributed by atoms with van der Waals surface area (Å²) in [5.41, 5.74) is 13.2. The van der Waals surface area contributed by atoms with Gasteiger partial charge in [-0.25, -0.2) is 0 Å². The van der Waals surface area contributed by atoms with Gasteiger partial charge in [0.15, 0.2) is 0 Å². The quantitative estimate of drug-likeness (QED) is 0.865. The van der Waals surface area contributed by atoms with Crippen LogP contribution in [0.5, 0.6) is 0 Å². The fraction of sp³-hybridized carbons (Fsp3) is 0.0667. The van der Waals surface area contributed by atoms with Crippen molar-refractivity contribution in [3.8, 4) is 0 Å². The molecule has 0 unspecified atom stereocenters. The maximum absolute atomic E-state index is 11.4. The largest absolute Gasteiger partial charge is 0.366 e. The predicted octanol–water partition coefficient (Wildman–Crippen LogP) is 1.48. The van der Waals surface area contributed by atoms with E-state index in [4.69, 9.17) is 11.5 Å². The summed E-state index contributed by atoms with van der Waals surface area (Å²) >= 11 is 0. The lowest BCUT2D eigenvalue weighted by Gasteiger charge is -2.09. The molecular weight excluding hydrogens is 240 g/mol. The Morgan fingerprint density at radius 1 is 0.737 bits per heavy atom. The number of rotatable bonds is 4. The first-order chi connectivity index (χ1) is 9.09. The van der Waals surface area contributed by atoms with Gasteiger partial charge in [0.2, 0.25) is 11.8 Å². The van der Waals surface area contributed by atoms with E-state index >= 15 is 0 Å². The summed E-state index contributed by atoms with van der Waals surface area (Å²) in [6, 6.07) is 14.1. The van der Waals surface area contributed by atoms with Crippen LogP contribution in [0.4, 0.5) is 0 Å². The Hall–Kier alpha value is -2.62. The summed E-state index contributed by atoms with van der Waals surface area (Å²) in [6.45, 7) is 0. The van der Waals surface area contributed by atoms with Crippen molar-refractivity contribution in [3.05, 3.63) is 70.8 Å². The monoisotopic (exact) mass is 254 g/mol. The highest BCUT2D eigenvalue weighted by Crippen LogP contribution is 2.17. The van der Waals surface area contributed by atoms with Crippen LogP contribution in [0.1, 0.15) is 31.8 Å². The third-order valence-corrected chi connectivity index (χ3v) is 2.95. The number of carbonyl (C=O) groups is 2. The van der Waals surface area contributed by atoms with E-state index in [0.29, 0.717) is 17.5 Å². The minimum atomic E-state index is -0.479. The minimum Gasteiger partial charge on any atom is -0.366 e. The van der Waals surface area contributed by atoms with Gasteiger partial charge in [-0.15, -0.1) is 0 Å². The molecule has 0 saturated carbocycles. The molecule has 0 fully saturated rings. The minimum absolute atomic E-state index is 0.443. The van der Waals surface area contributed by atoms with Crippen molar-refractivity contribution in [1.29, 1.82) is 0 Å². The molecule has 19 heavy (non-hydrogen) atoms. The molecule has 0 bridgehead atoms. The Morgan fingerprint density at radius 3 is 1.47 bits per heavy atom. The lowest BCUT2D eigenvalue weighted by atomic mass is 9.96. The van der Waals surface area contributed by atoms with Crippen molar-refractivity contribution in [1.82, 2.24) is 0 Å². The molecular formula is C15H14N2O2. The van der Waals surface area contributed by atoms with Gasteiger partial charge in [-0.2, -0.15) is 0 Å². The van der Waals surface area contributed by atoms with Crippen molar-refractivity contribution < 1.29 is 9.59 Å². The molecule has 2 aromatic rings. The maximum Gasteiger partial charge on any atom is 0.248 e. The fourth-order valence-corrected chi connectivity index (χ4v) is 2.03. The van der Waals surface area contributed by atoms with Crippen LogP contribution in [-0.4, -0.2) is 11.8 Å². The van der Waals surface area contributed by atoms with Gasteiger partial charge in [-0.3, -0.25) is 9.59 Å². The molecule has 0 aliphatic carbocycles. The topological polar surface area (TPSA) is 86.2 Å². The smallest absolute Gasteiger partial charge is 0.248 e. The molecule has 2 aromatic carbocycles. The fourth-order valence-electron chi connectivity index (χ4n) is 2.03. The SMILES string of the molecule is NC(=O)c1ccccc1Cc1ccccc1C(N)=O. The Labute approximate surface area is 111 Å². The molecule has 0 atom stereocenters. The molecule has 4 N–H and O–H groups in total. The van der Waals surface area contributed by atoms with Crippen LogP contribution in [0.2, 0.25) is 0 Å². The Balaban J connectivity index is 2.42. The van der Waals surface area contributed by atoms with Crippen molar-refractivity contribution in [2.75, 3.05) is 0 Å². The van der Waals surface area contributed by atoms with E-state index in [1.54, 1.807) is 24.3 Å². The van der Waals surface area contributed by atoms with E-state index in [2.05, 4.69) is 0 Å². The van der Waals surface area contributed by atoms with Crippen LogP contribution < -0.4 is 11.5 Å². The Kier molecular flexibility index (Phi) is 3.61. The summed E-state index contributed by atoms with van der Waals surface area (Å²) in [5.74, 6) is -0.959. The van der Waals surface area contributed by atoms with Gasteiger partial charge in [-0.05, 0) is 29.7 Å². The van der Waals surface area contributed by atoms with Crippen molar-refractivity contribution in [3.63, 3.8) is 0 Å². The van der Waals surface area contributed by atoms with Gasteiger partial charge in [-0.1, -0.05) is 36.4 Å². The molecule has 2 amide bonds. The molecule has 0 heterocycles. The molecule has 96 valence electrons. The molecule has 4 nitrogen and oxygen atoms in total. The zero-order valence-corrected chi connectivity index (χ0v) is 10.3. The van der Waals surface area contributed by atoms with Crippen LogP contribution in [0.15, 0.2) is 48.5 Å². The van der Waals surface area contributed by atoms with Gasteiger partial charge < -0.3 is 11.5 Å². The molecule has 0 aromatic heterocycles. The van der Waals surface area contributed by atoms with Gasteiger partial charge in [0.25, 0.3) is 0 Å². The number of amides is 2. The maximum atomic E-state index is 11.4. The van der Waals surface area contributed by atoms with E-state index in [1.165, 1.54) is 0 Å². The second-order valence-electron chi connectivity index (χ2n) is 4.22. The number of primary amides is 2. The average molecular weight is 254 g/mol. The van der Waals surface area contributed by atoms with E-state index in [1.807, 2.05) is 24.3 Å². The highest BCUT2D eigenvalue weighted by atomic mass is 16.1. The average Bonchev–Trinajstić information content (AvgIpc) is 2.39. The van der Waals surface area contributed by atoms with E-state index in [9.17, 15) is 9.59 Å². The van der Waals surface area contributed by atoms with E-state index < -0.39 is 11.8 Å². The number of nitrogens with two attached hydrogens (primary N) is 2. The highest BCUT2D eigenvalue weighted by molar-refractivity contribution is 5.96. The number of hydrogen-bond acceptors (Lipinski definition) is 2. The first-order valence-electron chi connectivity index (χ1n) is 5.85. The first-order valence-corrected chi connectivity index (χ1v) is 5.85. The van der Waals surface area contributed by atoms with Crippen LogP contribution in [0, 0.1) is 0 Å². The standard InChI is InChI=1S/C15H14N2O2/c16-14(18)12-7-3-1-5-10(12)9-11-6-2-4-8-13(11)15(17)19/h1-8H,9H2,(H2,16,18)(H2,17,19). The molecule has 0 aliphatic rings. The molecule has 0 spiro atoms. The number of benzene rings is 2. The second-order valence-corrected chi connectivity index (χ2v) is 4.22. The third-order valence-electron chi connectivity index (χ3n) is 2.95. The Morgan fingerprint density at radius 2 is 1.11 bits per heavy atom. The summed E-state index contributed by atoms with van der Waals surface area (Å²) in [6.07, 6.45) is 0.443. The normalized spacial score (nSPS) is 10.1. The first kappa shape index (κ1) is 12.8. The molecule has 0 aliphatic heterocycles. The Bertz CT molecular complexity index is 580. The van der Waals surface area contributed by atoms with E-state index in [-0.39, 0.29) is 0 Å². The van der Waals surface area contributed by atoms with Crippen LogP contribution in [0.25, 0.3) is 0 Å². The van der Waals surface area contributed by atoms with Crippen molar-refractivity contribution in [2.45, 2.75) is 6.42 Å². The van der Waals surface area contributed by atoms with Crippen LogP contribution >= 0.6 is 0 Å². The lowest BCUT2D eigenvalue weighted by Crippen LogP contribution is -2.16. The summed E-state index contributed by atoms with van der Waals surface area (Å²) in [7, 11) is 0. The van der Waals surface area contributed by atoms with E-state index in [0.717, 1.165) is 11.1 Å². The lowest BCUT2D eigenvalue weighted by molar-refractivity contribution is 0.0992. The zero-order valence-electron chi connectivity index (χ0n) is 10.3. The number of hydrogen-bond donors (Lipinski definition) is 2. The molecule has 4 heteroatoms. The van der Waals surface area contributed by atoms with Gasteiger partial charge in [0.05, 0.1) is 0 Å². The van der Waals surface area contributed by atoms with Crippen LogP contribution in [0.3, 0.4) is 0 Å². The molecule has 2 rings (SSSR count). The third kappa shape index (κ3) is 2.80. The summed E-state index contributed by atoms with van der Waals surface area (Å²) < 4.78 is 0. The zero-order chi connectivity index (χ0) is 13.8. The number of carbonyl (C=O) groups excluding carboxylic acids is 2.